The number of amides is 1. The van der Waals surface area contributed by atoms with E-state index in [-0.39, 0.29) is 17.5 Å². The van der Waals surface area contributed by atoms with E-state index >= 15 is 0 Å². The molecule has 1 aromatic carbocycles. The number of hydrogen-bond acceptors (Lipinski definition) is 2. The fraction of sp³-hybridized carbons (Fsp3) is 0.474. The molecule has 0 radical (unpaired) electrons. The standard InChI is InChI=1S/C19H25N3O/c1-13(14-8-6-5-7-9-14)20-18(23)16-12-17(15-10-11-15)22(21-16)19(2,3)4/h5-9,12-13,15H,10-11H2,1-4H3,(H,20,23). The molecule has 23 heavy (non-hydrogen) atoms. The molecule has 1 aromatic heterocycles. The first kappa shape index (κ1) is 15.8. The number of hydrogen-bond donors (Lipinski definition) is 1. The number of rotatable bonds is 4. The van der Waals surface area contributed by atoms with Crippen molar-refractivity contribution in [3.63, 3.8) is 0 Å². The third-order valence-electron chi connectivity index (χ3n) is 4.25. The molecule has 0 aliphatic heterocycles. The zero-order valence-corrected chi connectivity index (χ0v) is 14.3. The van der Waals surface area contributed by atoms with Gasteiger partial charge in [0, 0.05) is 11.6 Å². The van der Waals surface area contributed by atoms with E-state index in [1.165, 1.54) is 18.5 Å². The zero-order valence-electron chi connectivity index (χ0n) is 14.3. The average Bonchev–Trinajstić information content (AvgIpc) is 3.24. The summed E-state index contributed by atoms with van der Waals surface area (Å²) in [6, 6.07) is 11.9. The fourth-order valence-corrected chi connectivity index (χ4v) is 2.81. The molecule has 0 saturated heterocycles. The van der Waals surface area contributed by atoms with E-state index in [0.717, 1.165) is 5.56 Å². The number of aromatic nitrogens is 2. The molecule has 1 fully saturated rings. The summed E-state index contributed by atoms with van der Waals surface area (Å²) in [4.78, 5) is 12.6. The number of carbonyl (C=O) groups is 1. The Balaban J connectivity index is 1.80. The minimum absolute atomic E-state index is 0.0344. The molecule has 2 aromatic rings. The lowest BCUT2D eigenvalue weighted by Crippen LogP contribution is -2.28. The summed E-state index contributed by atoms with van der Waals surface area (Å²) < 4.78 is 2.02. The van der Waals surface area contributed by atoms with Gasteiger partial charge >= 0.3 is 0 Å². The lowest BCUT2D eigenvalue weighted by molar-refractivity contribution is 0.0933. The number of nitrogens with one attached hydrogen (secondary N) is 1. The van der Waals surface area contributed by atoms with Crippen molar-refractivity contribution in [2.75, 3.05) is 0 Å². The molecule has 0 spiro atoms. The van der Waals surface area contributed by atoms with Crippen LogP contribution in [-0.4, -0.2) is 15.7 Å². The second-order valence-electron chi connectivity index (χ2n) is 7.42. The molecule has 1 atom stereocenters. The monoisotopic (exact) mass is 311 g/mol. The number of nitrogens with zero attached hydrogens (tertiary/aromatic N) is 2. The molecule has 1 amide bonds. The van der Waals surface area contributed by atoms with Gasteiger partial charge in [-0.05, 0) is 52.2 Å². The molecule has 1 saturated carbocycles. The van der Waals surface area contributed by atoms with Crippen LogP contribution in [0.1, 0.15) is 74.2 Å². The zero-order chi connectivity index (χ0) is 16.6. The summed E-state index contributed by atoms with van der Waals surface area (Å²) >= 11 is 0. The van der Waals surface area contributed by atoms with Gasteiger partial charge in [0.25, 0.3) is 5.91 Å². The van der Waals surface area contributed by atoms with Gasteiger partial charge in [-0.1, -0.05) is 30.3 Å². The Bertz CT molecular complexity index is 693. The van der Waals surface area contributed by atoms with E-state index in [1.807, 2.05) is 48.0 Å². The molecule has 122 valence electrons. The van der Waals surface area contributed by atoms with Crippen LogP contribution >= 0.6 is 0 Å². The predicted molar refractivity (Wildman–Crippen MR) is 91.5 cm³/mol. The highest BCUT2D eigenvalue weighted by molar-refractivity contribution is 5.92. The van der Waals surface area contributed by atoms with Crippen molar-refractivity contribution in [3.8, 4) is 0 Å². The number of benzene rings is 1. The molecule has 1 aliphatic rings. The van der Waals surface area contributed by atoms with Crippen LogP contribution in [0.4, 0.5) is 0 Å². The van der Waals surface area contributed by atoms with Gasteiger partial charge in [-0.15, -0.1) is 0 Å². The van der Waals surface area contributed by atoms with E-state index in [0.29, 0.717) is 11.6 Å². The van der Waals surface area contributed by atoms with Crippen LogP contribution in [0.3, 0.4) is 0 Å². The highest BCUT2D eigenvalue weighted by atomic mass is 16.2. The lowest BCUT2D eigenvalue weighted by Gasteiger charge is -2.22. The first-order valence-electron chi connectivity index (χ1n) is 8.32. The summed E-state index contributed by atoms with van der Waals surface area (Å²) in [6.07, 6.45) is 2.40. The Kier molecular flexibility index (Phi) is 4.00. The predicted octanol–water partition coefficient (Wildman–Crippen LogP) is 4.01. The lowest BCUT2D eigenvalue weighted by atomic mass is 10.1. The highest BCUT2D eigenvalue weighted by Gasteiger charge is 2.32. The maximum Gasteiger partial charge on any atom is 0.272 e. The van der Waals surface area contributed by atoms with Crippen molar-refractivity contribution in [1.82, 2.24) is 15.1 Å². The van der Waals surface area contributed by atoms with E-state index in [2.05, 4.69) is 31.2 Å². The Morgan fingerprint density at radius 2 is 1.91 bits per heavy atom. The van der Waals surface area contributed by atoms with Crippen molar-refractivity contribution in [3.05, 3.63) is 53.3 Å². The van der Waals surface area contributed by atoms with Crippen molar-refractivity contribution in [1.29, 1.82) is 0 Å². The van der Waals surface area contributed by atoms with E-state index in [9.17, 15) is 4.79 Å². The van der Waals surface area contributed by atoms with Gasteiger partial charge in [0.05, 0.1) is 11.6 Å². The summed E-state index contributed by atoms with van der Waals surface area (Å²) in [5, 5.41) is 7.64. The van der Waals surface area contributed by atoms with Gasteiger partial charge < -0.3 is 5.32 Å². The SMILES string of the molecule is CC(NC(=O)c1cc(C2CC2)n(C(C)(C)C)n1)c1ccccc1. The molecular formula is C19H25N3O. The molecule has 3 rings (SSSR count). The molecule has 4 heteroatoms. The van der Waals surface area contributed by atoms with Crippen LogP contribution in [0, 0.1) is 0 Å². The van der Waals surface area contributed by atoms with Crippen LogP contribution in [-0.2, 0) is 5.54 Å². The normalized spacial score (nSPS) is 16.2. The summed E-state index contributed by atoms with van der Waals surface area (Å²) in [7, 11) is 0. The van der Waals surface area contributed by atoms with Gasteiger partial charge in [0.1, 0.15) is 5.69 Å². The minimum Gasteiger partial charge on any atom is -0.344 e. The third kappa shape index (κ3) is 3.46. The molecule has 1 unspecified atom stereocenters. The summed E-state index contributed by atoms with van der Waals surface area (Å²) in [6.45, 7) is 8.37. The van der Waals surface area contributed by atoms with Gasteiger partial charge in [0.2, 0.25) is 0 Å². The van der Waals surface area contributed by atoms with Gasteiger partial charge in [-0.25, -0.2) is 0 Å². The van der Waals surface area contributed by atoms with Gasteiger partial charge in [0.15, 0.2) is 0 Å². The maximum absolute atomic E-state index is 12.6. The van der Waals surface area contributed by atoms with Crippen LogP contribution in [0.2, 0.25) is 0 Å². The number of carbonyl (C=O) groups excluding carboxylic acids is 1. The molecule has 1 aliphatic carbocycles. The van der Waals surface area contributed by atoms with Gasteiger partial charge in [-0.2, -0.15) is 5.10 Å². The highest BCUT2D eigenvalue weighted by Crippen LogP contribution is 2.41. The summed E-state index contributed by atoms with van der Waals surface area (Å²) in [5.74, 6) is 0.459. The first-order valence-corrected chi connectivity index (χ1v) is 8.32. The average molecular weight is 311 g/mol. The third-order valence-corrected chi connectivity index (χ3v) is 4.25. The van der Waals surface area contributed by atoms with Gasteiger partial charge in [-0.3, -0.25) is 9.48 Å². The second-order valence-corrected chi connectivity index (χ2v) is 7.42. The minimum atomic E-state index is -0.110. The van der Waals surface area contributed by atoms with Crippen LogP contribution < -0.4 is 5.32 Å². The van der Waals surface area contributed by atoms with Crippen molar-refractivity contribution in [2.45, 2.75) is 58.0 Å². The van der Waals surface area contributed by atoms with E-state index in [4.69, 9.17) is 0 Å². The second kappa shape index (κ2) is 5.84. The molecule has 0 bridgehead atoms. The molecule has 4 nitrogen and oxygen atoms in total. The van der Waals surface area contributed by atoms with Crippen molar-refractivity contribution >= 4 is 5.91 Å². The Morgan fingerprint density at radius 1 is 1.26 bits per heavy atom. The van der Waals surface area contributed by atoms with E-state index in [1.54, 1.807) is 0 Å². The largest absolute Gasteiger partial charge is 0.344 e. The maximum atomic E-state index is 12.6. The topological polar surface area (TPSA) is 46.9 Å². The molecule has 1 heterocycles. The quantitative estimate of drug-likeness (QED) is 0.927. The van der Waals surface area contributed by atoms with E-state index < -0.39 is 0 Å². The van der Waals surface area contributed by atoms with Crippen molar-refractivity contribution < 1.29 is 4.79 Å². The Labute approximate surface area is 137 Å². The molecular weight excluding hydrogens is 286 g/mol. The van der Waals surface area contributed by atoms with Crippen LogP contribution in [0.15, 0.2) is 36.4 Å². The molecule has 1 N–H and O–H groups in total. The summed E-state index contributed by atoms with van der Waals surface area (Å²) in [5.41, 5.74) is 2.69. The fourth-order valence-electron chi connectivity index (χ4n) is 2.81. The first-order chi connectivity index (χ1) is 10.9. The van der Waals surface area contributed by atoms with Crippen molar-refractivity contribution in [2.24, 2.45) is 0 Å². The smallest absolute Gasteiger partial charge is 0.272 e. The van der Waals surface area contributed by atoms with Crippen LogP contribution in [0.25, 0.3) is 0 Å². The Hall–Kier alpha value is -2.10. The van der Waals surface area contributed by atoms with Crippen LogP contribution in [0.5, 0.6) is 0 Å². The Morgan fingerprint density at radius 3 is 2.48 bits per heavy atom.